The van der Waals surface area contributed by atoms with Crippen LogP contribution >= 0.6 is 0 Å². The Hall–Kier alpha value is -1.32. The fourth-order valence-corrected chi connectivity index (χ4v) is 2.20. The average Bonchev–Trinajstić information content (AvgIpc) is 2.76. The summed E-state index contributed by atoms with van der Waals surface area (Å²) < 4.78 is 0. The van der Waals surface area contributed by atoms with Crippen LogP contribution in [0.2, 0.25) is 0 Å². The highest BCUT2D eigenvalue weighted by Gasteiger charge is 2.05. The van der Waals surface area contributed by atoms with Gasteiger partial charge in [0.25, 0.3) is 0 Å². The van der Waals surface area contributed by atoms with Gasteiger partial charge in [-0.15, -0.1) is 0 Å². The lowest BCUT2D eigenvalue weighted by Crippen LogP contribution is -2.14. The van der Waals surface area contributed by atoms with Crippen LogP contribution in [-0.2, 0) is 12.8 Å². The lowest BCUT2D eigenvalue weighted by atomic mass is 10.1. The first-order valence-corrected chi connectivity index (χ1v) is 6.59. The molecule has 3 heteroatoms. The number of hydrogen-bond acceptors (Lipinski definition) is 2. The van der Waals surface area contributed by atoms with Crippen LogP contribution in [0.15, 0.2) is 24.4 Å². The van der Waals surface area contributed by atoms with Crippen molar-refractivity contribution in [2.24, 2.45) is 0 Å². The highest BCUT2D eigenvalue weighted by Crippen LogP contribution is 2.20. The van der Waals surface area contributed by atoms with E-state index >= 15 is 0 Å². The normalized spacial score (nSPS) is 11.6. The predicted molar refractivity (Wildman–Crippen MR) is 78.2 cm³/mol. The third kappa shape index (κ3) is 3.12. The molecule has 0 saturated heterocycles. The van der Waals surface area contributed by atoms with Crippen LogP contribution in [0.5, 0.6) is 0 Å². The Bertz CT molecular complexity index is 499. The molecule has 3 nitrogen and oxygen atoms in total. The van der Waals surface area contributed by atoms with Gasteiger partial charge in [0.2, 0.25) is 0 Å². The Morgan fingerprint density at radius 1 is 1.22 bits per heavy atom. The summed E-state index contributed by atoms with van der Waals surface area (Å²) in [5.41, 5.74) is 4.07. The van der Waals surface area contributed by atoms with Gasteiger partial charge in [-0.1, -0.05) is 6.07 Å². The van der Waals surface area contributed by atoms with E-state index in [9.17, 15) is 0 Å². The van der Waals surface area contributed by atoms with E-state index in [0.717, 1.165) is 25.9 Å². The molecule has 1 aromatic carbocycles. The fourth-order valence-electron chi connectivity index (χ4n) is 2.20. The van der Waals surface area contributed by atoms with E-state index in [4.69, 9.17) is 0 Å². The second-order valence-electron chi connectivity index (χ2n) is 5.10. The van der Waals surface area contributed by atoms with Gasteiger partial charge in [-0.25, -0.2) is 0 Å². The number of rotatable bonds is 6. The van der Waals surface area contributed by atoms with E-state index in [2.05, 4.69) is 53.7 Å². The van der Waals surface area contributed by atoms with Crippen LogP contribution in [0.1, 0.15) is 11.1 Å². The van der Waals surface area contributed by atoms with Crippen molar-refractivity contribution < 1.29 is 0 Å². The molecule has 98 valence electrons. The molecule has 0 aliphatic rings. The summed E-state index contributed by atoms with van der Waals surface area (Å²) in [4.78, 5) is 5.59. The summed E-state index contributed by atoms with van der Waals surface area (Å²) in [6.07, 6.45) is 4.34. The van der Waals surface area contributed by atoms with Crippen molar-refractivity contribution in [2.45, 2.75) is 12.8 Å². The SMILES string of the molecule is CNCCc1ccc2[nH]cc(CCN(C)C)c2c1. The van der Waals surface area contributed by atoms with Gasteiger partial charge in [-0.2, -0.15) is 0 Å². The molecule has 0 radical (unpaired) electrons. The topological polar surface area (TPSA) is 31.1 Å². The van der Waals surface area contributed by atoms with Gasteiger partial charge in [0, 0.05) is 23.6 Å². The predicted octanol–water partition coefficient (Wildman–Crippen LogP) is 2.03. The van der Waals surface area contributed by atoms with Crippen LogP contribution in [0, 0.1) is 0 Å². The van der Waals surface area contributed by atoms with Gasteiger partial charge >= 0.3 is 0 Å². The van der Waals surface area contributed by atoms with Crippen molar-refractivity contribution in [3.8, 4) is 0 Å². The third-order valence-corrected chi connectivity index (χ3v) is 3.32. The van der Waals surface area contributed by atoms with Crippen LogP contribution < -0.4 is 5.32 Å². The molecule has 0 fully saturated rings. The van der Waals surface area contributed by atoms with Gasteiger partial charge in [0.05, 0.1) is 0 Å². The second-order valence-corrected chi connectivity index (χ2v) is 5.10. The number of fused-ring (bicyclic) bond motifs is 1. The minimum atomic E-state index is 1.03. The largest absolute Gasteiger partial charge is 0.361 e. The zero-order valence-electron chi connectivity index (χ0n) is 11.6. The monoisotopic (exact) mass is 245 g/mol. The standard InChI is InChI=1S/C15H23N3/c1-16-8-6-12-4-5-15-14(10-12)13(11-17-15)7-9-18(2)3/h4-5,10-11,16-17H,6-9H2,1-3H3. The van der Waals surface area contributed by atoms with Crippen LogP contribution in [0.25, 0.3) is 10.9 Å². The third-order valence-electron chi connectivity index (χ3n) is 3.32. The van der Waals surface area contributed by atoms with Crippen molar-refractivity contribution in [2.75, 3.05) is 34.2 Å². The Morgan fingerprint density at radius 3 is 2.78 bits per heavy atom. The molecule has 2 rings (SSSR count). The first kappa shape index (κ1) is 13.1. The maximum absolute atomic E-state index is 3.36. The van der Waals surface area contributed by atoms with Crippen molar-refractivity contribution in [1.82, 2.24) is 15.2 Å². The zero-order chi connectivity index (χ0) is 13.0. The summed E-state index contributed by atoms with van der Waals surface area (Å²) in [6.45, 7) is 2.12. The quantitative estimate of drug-likeness (QED) is 0.816. The van der Waals surface area contributed by atoms with E-state index in [1.807, 2.05) is 7.05 Å². The molecule has 0 spiro atoms. The highest BCUT2D eigenvalue weighted by atomic mass is 15.0. The molecule has 18 heavy (non-hydrogen) atoms. The number of hydrogen-bond donors (Lipinski definition) is 2. The summed E-state index contributed by atoms with van der Waals surface area (Å²) >= 11 is 0. The van der Waals surface area contributed by atoms with E-state index in [1.54, 1.807) is 0 Å². The molecule has 2 N–H and O–H groups in total. The highest BCUT2D eigenvalue weighted by molar-refractivity contribution is 5.83. The molecular weight excluding hydrogens is 222 g/mol. The van der Waals surface area contributed by atoms with Crippen molar-refractivity contribution >= 4 is 10.9 Å². The fraction of sp³-hybridized carbons (Fsp3) is 0.467. The molecule has 0 amide bonds. The number of aromatic nitrogens is 1. The summed E-state index contributed by atoms with van der Waals surface area (Å²) in [5.74, 6) is 0. The zero-order valence-corrected chi connectivity index (χ0v) is 11.6. The smallest absolute Gasteiger partial charge is 0.0456 e. The molecule has 0 aliphatic carbocycles. The molecule has 1 aromatic heterocycles. The lowest BCUT2D eigenvalue weighted by molar-refractivity contribution is 0.414. The molecule has 0 unspecified atom stereocenters. The summed E-state index contributed by atoms with van der Waals surface area (Å²) in [6, 6.07) is 6.74. The van der Waals surface area contributed by atoms with Gasteiger partial charge < -0.3 is 15.2 Å². The molecule has 0 bridgehead atoms. The van der Waals surface area contributed by atoms with Gasteiger partial charge in [-0.05, 0) is 63.8 Å². The first-order chi connectivity index (χ1) is 8.70. The lowest BCUT2D eigenvalue weighted by Gasteiger charge is -2.08. The van der Waals surface area contributed by atoms with E-state index in [-0.39, 0.29) is 0 Å². The minimum Gasteiger partial charge on any atom is -0.361 e. The number of nitrogens with one attached hydrogen (secondary N) is 2. The maximum Gasteiger partial charge on any atom is 0.0456 e. The average molecular weight is 245 g/mol. The molecule has 1 heterocycles. The van der Waals surface area contributed by atoms with Crippen LogP contribution in [-0.4, -0.2) is 44.1 Å². The van der Waals surface area contributed by atoms with Crippen molar-refractivity contribution in [3.05, 3.63) is 35.5 Å². The number of aromatic amines is 1. The van der Waals surface area contributed by atoms with E-state index in [0.29, 0.717) is 0 Å². The van der Waals surface area contributed by atoms with E-state index < -0.39 is 0 Å². The number of likely N-dealkylation sites (N-methyl/N-ethyl adjacent to an activating group) is 2. The second kappa shape index (κ2) is 6.03. The summed E-state index contributed by atoms with van der Waals surface area (Å²) in [7, 11) is 6.23. The number of nitrogens with zero attached hydrogens (tertiary/aromatic N) is 1. The first-order valence-electron chi connectivity index (χ1n) is 6.59. The van der Waals surface area contributed by atoms with Crippen LogP contribution in [0.4, 0.5) is 0 Å². The van der Waals surface area contributed by atoms with E-state index in [1.165, 1.54) is 22.0 Å². The molecule has 2 aromatic rings. The number of H-pyrrole nitrogens is 1. The molecule has 0 aliphatic heterocycles. The Kier molecular flexibility index (Phi) is 4.39. The molecular formula is C15H23N3. The number of benzene rings is 1. The molecule has 0 atom stereocenters. The Balaban J connectivity index is 2.20. The van der Waals surface area contributed by atoms with Crippen molar-refractivity contribution in [3.63, 3.8) is 0 Å². The Morgan fingerprint density at radius 2 is 2.06 bits per heavy atom. The van der Waals surface area contributed by atoms with Crippen molar-refractivity contribution in [1.29, 1.82) is 0 Å². The summed E-state index contributed by atoms with van der Waals surface area (Å²) in [5, 5.41) is 4.58. The van der Waals surface area contributed by atoms with Gasteiger partial charge in [0.15, 0.2) is 0 Å². The maximum atomic E-state index is 3.36. The van der Waals surface area contributed by atoms with Gasteiger partial charge in [-0.3, -0.25) is 0 Å². The Labute approximate surface area is 109 Å². The van der Waals surface area contributed by atoms with Gasteiger partial charge in [0.1, 0.15) is 0 Å². The molecule has 0 saturated carbocycles. The van der Waals surface area contributed by atoms with Crippen LogP contribution in [0.3, 0.4) is 0 Å². The minimum absolute atomic E-state index is 1.03.